The molecular weight excluding hydrogens is 316 g/mol. The van der Waals surface area contributed by atoms with Crippen molar-refractivity contribution in [1.29, 1.82) is 5.26 Å². The second kappa shape index (κ2) is 10.0. The summed E-state index contributed by atoms with van der Waals surface area (Å²) in [5.74, 6) is 0.715. The number of carbonyl (C=O) groups excluding carboxylic acids is 1. The van der Waals surface area contributed by atoms with Crippen molar-refractivity contribution >= 4 is 11.6 Å². The Morgan fingerprint density at radius 3 is 2.60 bits per heavy atom. The number of nitriles is 1. The van der Waals surface area contributed by atoms with E-state index in [4.69, 9.17) is 9.47 Å². The Kier molecular flexibility index (Phi) is 8.44. The number of ether oxygens (including phenoxy) is 2. The molecule has 0 aliphatic carbocycles. The third kappa shape index (κ3) is 6.39. The molecule has 1 N–H and O–H groups in total. The second-order valence-corrected chi connectivity index (χ2v) is 6.81. The lowest BCUT2D eigenvalue weighted by Crippen LogP contribution is -2.43. The predicted molar refractivity (Wildman–Crippen MR) is 99.7 cm³/mol. The van der Waals surface area contributed by atoms with E-state index in [9.17, 15) is 10.1 Å². The fourth-order valence-corrected chi connectivity index (χ4v) is 2.40. The Hall–Kier alpha value is -2.06. The molecule has 0 heterocycles. The van der Waals surface area contributed by atoms with E-state index in [1.165, 1.54) is 0 Å². The van der Waals surface area contributed by atoms with Crippen LogP contribution >= 0.6 is 0 Å². The molecule has 138 valence electrons. The Bertz CT molecular complexity index is 607. The molecule has 0 radical (unpaired) electrons. The van der Waals surface area contributed by atoms with E-state index in [0.29, 0.717) is 42.6 Å². The molecule has 5 nitrogen and oxygen atoms in total. The van der Waals surface area contributed by atoms with Crippen molar-refractivity contribution in [1.82, 2.24) is 0 Å². The van der Waals surface area contributed by atoms with Gasteiger partial charge in [-0.3, -0.25) is 4.79 Å². The van der Waals surface area contributed by atoms with Crippen LogP contribution in [-0.4, -0.2) is 24.7 Å². The van der Waals surface area contributed by atoms with Crippen molar-refractivity contribution < 1.29 is 14.3 Å². The molecule has 0 bridgehead atoms. The van der Waals surface area contributed by atoms with Gasteiger partial charge in [-0.25, -0.2) is 0 Å². The second-order valence-electron chi connectivity index (χ2n) is 6.81. The number of hydrogen-bond donors (Lipinski definition) is 1. The van der Waals surface area contributed by atoms with Crippen LogP contribution in [0.2, 0.25) is 0 Å². The molecule has 25 heavy (non-hydrogen) atoms. The molecule has 0 aliphatic heterocycles. The summed E-state index contributed by atoms with van der Waals surface area (Å²) in [7, 11) is 0. The van der Waals surface area contributed by atoms with Crippen LogP contribution in [0.3, 0.4) is 0 Å². The van der Waals surface area contributed by atoms with Crippen molar-refractivity contribution in [2.24, 2.45) is 5.92 Å². The first-order valence-corrected chi connectivity index (χ1v) is 8.98. The van der Waals surface area contributed by atoms with Gasteiger partial charge in [0.15, 0.2) is 0 Å². The van der Waals surface area contributed by atoms with E-state index in [1.54, 1.807) is 18.2 Å². The molecule has 0 aliphatic rings. The molecule has 0 fully saturated rings. The minimum Gasteiger partial charge on any atom is -0.492 e. The molecule has 0 saturated carbocycles. The van der Waals surface area contributed by atoms with Crippen LogP contribution in [-0.2, 0) is 9.53 Å². The van der Waals surface area contributed by atoms with Gasteiger partial charge < -0.3 is 14.8 Å². The van der Waals surface area contributed by atoms with E-state index < -0.39 is 5.60 Å². The maximum Gasteiger partial charge on any atom is 0.256 e. The van der Waals surface area contributed by atoms with E-state index in [0.717, 1.165) is 12.8 Å². The quantitative estimate of drug-likeness (QED) is 0.676. The van der Waals surface area contributed by atoms with Gasteiger partial charge >= 0.3 is 0 Å². The number of nitrogens with one attached hydrogen (secondary N) is 1. The lowest BCUT2D eigenvalue weighted by molar-refractivity contribution is -0.140. The van der Waals surface area contributed by atoms with Gasteiger partial charge in [0.25, 0.3) is 5.91 Å². The Balaban J connectivity index is 2.90. The smallest absolute Gasteiger partial charge is 0.256 e. The SMILES string of the molecule is CCCO[C@](C)(CCC)C(=O)Nc1ccc(OCC(C)C)c(C#N)c1. The Morgan fingerprint density at radius 1 is 1.32 bits per heavy atom. The fourth-order valence-electron chi connectivity index (χ4n) is 2.40. The average Bonchev–Trinajstić information content (AvgIpc) is 2.58. The standard InChI is InChI=1S/C20H30N2O3/c1-6-10-20(5,25-11-7-2)19(23)22-17-8-9-18(16(12-17)13-21)24-14-15(3)4/h8-9,12,15H,6-7,10-11,14H2,1-5H3,(H,22,23)/t20-/m1/s1. The molecule has 1 aromatic carbocycles. The molecule has 1 aromatic rings. The van der Waals surface area contributed by atoms with Crippen LogP contribution in [0.15, 0.2) is 18.2 Å². The van der Waals surface area contributed by atoms with Crippen LogP contribution in [0.4, 0.5) is 5.69 Å². The highest BCUT2D eigenvalue weighted by molar-refractivity contribution is 5.97. The van der Waals surface area contributed by atoms with E-state index in [2.05, 4.69) is 11.4 Å². The van der Waals surface area contributed by atoms with Gasteiger partial charge in [-0.1, -0.05) is 34.1 Å². The van der Waals surface area contributed by atoms with Crippen LogP contribution in [0.25, 0.3) is 0 Å². The van der Waals surface area contributed by atoms with Crippen molar-refractivity contribution in [3.05, 3.63) is 23.8 Å². The zero-order chi connectivity index (χ0) is 18.9. The topological polar surface area (TPSA) is 71.3 Å². The molecule has 0 unspecified atom stereocenters. The lowest BCUT2D eigenvalue weighted by atomic mass is 9.98. The highest BCUT2D eigenvalue weighted by Crippen LogP contribution is 2.25. The fraction of sp³-hybridized carbons (Fsp3) is 0.600. The van der Waals surface area contributed by atoms with Gasteiger partial charge in [-0.15, -0.1) is 0 Å². The number of carbonyl (C=O) groups is 1. The number of anilines is 1. The van der Waals surface area contributed by atoms with Crippen molar-refractivity contribution in [3.63, 3.8) is 0 Å². The summed E-state index contributed by atoms with van der Waals surface area (Å²) in [5, 5.41) is 12.2. The number of benzene rings is 1. The normalized spacial score (nSPS) is 13.2. The Labute approximate surface area is 151 Å². The molecule has 5 heteroatoms. The van der Waals surface area contributed by atoms with Crippen LogP contribution in [0.5, 0.6) is 5.75 Å². The van der Waals surface area contributed by atoms with Crippen molar-refractivity contribution in [3.8, 4) is 11.8 Å². The largest absolute Gasteiger partial charge is 0.492 e. The summed E-state index contributed by atoms with van der Waals surface area (Å²) in [6, 6.07) is 7.24. The summed E-state index contributed by atoms with van der Waals surface area (Å²) >= 11 is 0. The zero-order valence-corrected chi connectivity index (χ0v) is 16.0. The maximum atomic E-state index is 12.7. The van der Waals surface area contributed by atoms with Gasteiger partial charge in [0.2, 0.25) is 0 Å². The summed E-state index contributed by atoms with van der Waals surface area (Å²) in [4.78, 5) is 12.7. The number of hydrogen-bond acceptors (Lipinski definition) is 4. The predicted octanol–water partition coefficient (Wildman–Crippen LogP) is 4.52. The van der Waals surface area contributed by atoms with Crippen molar-refractivity contribution in [2.45, 2.75) is 59.5 Å². The molecule has 0 spiro atoms. The molecule has 1 atom stereocenters. The van der Waals surface area contributed by atoms with Crippen LogP contribution in [0, 0.1) is 17.2 Å². The van der Waals surface area contributed by atoms with E-state index >= 15 is 0 Å². The van der Waals surface area contributed by atoms with Gasteiger partial charge in [0.1, 0.15) is 17.4 Å². The van der Waals surface area contributed by atoms with Crippen LogP contribution < -0.4 is 10.1 Å². The average molecular weight is 346 g/mol. The highest BCUT2D eigenvalue weighted by Gasteiger charge is 2.33. The third-order valence-corrected chi connectivity index (χ3v) is 3.76. The first kappa shape index (κ1) is 21.0. The minimum atomic E-state index is -0.871. The third-order valence-electron chi connectivity index (χ3n) is 3.76. The van der Waals surface area contributed by atoms with Gasteiger partial charge in [-0.05, 0) is 43.9 Å². The summed E-state index contributed by atoms with van der Waals surface area (Å²) in [5.41, 5.74) is 0.107. The van der Waals surface area contributed by atoms with Gasteiger partial charge in [0, 0.05) is 12.3 Å². The highest BCUT2D eigenvalue weighted by atomic mass is 16.5. The molecule has 1 rings (SSSR count). The molecule has 0 aromatic heterocycles. The monoisotopic (exact) mass is 346 g/mol. The van der Waals surface area contributed by atoms with E-state index in [1.807, 2.05) is 34.6 Å². The van der Waals surface area contributed by atoms with Gasteiger partial charge in [0.05, 0.1) is 12.2 Å². The number of nitrogens with zero attached hydrogens (tertiary/aromatic N) is 1. The van der Waals surface area contributed by atoms with Gasteiger partial charge in [-0.2, -0.15) is 5.26 Å². The first-order chi connectivity index (χ1) is 11.9. The first-order valence-electron chi connectivity index (χ1n) is 8.98. The number of rotatable bonds is 10. The summed E-state index contributed by atoms with van der Waals surface area (Å²) in [6.07, 6.45) is 2.34. The molecular formula is C20H30N2O3. The summed E-state index contributed by atoms with van der Waals surface area (Å²) < 4.78 is 11.4. The Morgan fingerprint density at radius 2 is 2.04 bits per heavy atom. The molecule has 0 saturated heterocycles. The van der Waals surface area contributed by atoms with Crippen molar-refractivity contribution in [2.75, 3.05) is 18.5 Å². The van der Waals surface area contributed by atoms with E-state index in [-0.39, 0.29) is 5.91 Å². The lowest BCUT2D eigenvalue weighted by Gasteiger charge is -2.28. The zero-order valence-electron chi connectivity index (χ0n) is 16.0. The molecule has 1 amide bonds. The van der Waals surface area contributed by atoms with Crippen LogP contribution in [0.1, 0.15) is 59.4 Å². The summed E-state index contributed by atoms with van der Waals surface area (Å²) in [6.45, 7) is 11.0. The minimum absolute atomic E-state index is 0.192. The number of amides is 1. The maximum absolute atomic E-state index is 12.7.